The largest absolute Gasteiger partial charge is 0.374 e. The van der Waals surface area contributed by atoms with Crippen molar-refractivity contribution in [3.05, 3.63) is 79.0 Å². The lowest BCUT2D eigenvalue weighted by molar-refractivity contribution is 0.109. The first-order valence-corrected chi connectivity index (χ1v) is 13.6. The SMILES string of the molecule is OC(Nc1cncc(-c2ccc3[nH]nc(-c4nc5c(-c6cccc(F)c6)ccnc5[nH]4)c3c2)c1)C1CCCCC1. The van der Waals surface area contributed by atoms with Gasteiger partial charge in [0.1, 0.15) is 23.3 Å². The number of aliphatic hydroxyl groups excluding tert-OH is 1. The Morgan fingerprint density at radius 3 is 2.73 bits per heavy atom. The number of aromatic amines is 2. The number of imidazole rings is 1. The van der Waals surface area contributed by atoms with Gasteiger partial charge in [0.15, 0.2) is 11.5 Å². The maximum atomic E-state index is 13.9. The van der Waals surface area contributed by atoms with E-state index in [9.17, 15) is 9.50 Å². The topological polar surface area (TPSA) is 115 Å². The molecule has 2 aromatic carbocycles. The maximum absolute atomic E-state index is 13.9. The van der Waals surface area contributed by atoms with Gasteiger partial charge in [-0.15, -0.1) is 0 Å². The van der Waals surface area contributed by atoms with E-state index >= 15 is 0 Å². The number of aromatic nitrogens is 6. The van der Waals surface area contributed by atoms with Crippen LogP contribution in [0.3, 0.4) is 0 Å². The van der Waals surface area contributed by atoms with Crippen molar-refractivity contribution in [2.45, 2.75) is 38.3 Å². The number of benzene rings is 2. The summed E-state index contributed by atoms with van der Waals surface area (Å²) in [7, 11) is 0. The van der Waals surface area contributed by atoms with Gasteiger partial charge in [-0.3, -0.25) is 10.1 Å². The summed E-state index contributed by atoms with van der Waals surface area (Å²) in [6, 6.07) is 16.4. The first kappa shape index (κ1) is 24.4. The molecule has 1 aliphatic rings. The van der Waals surface area contributed by atoms with E-state index in [1.54, 1.807) is 18.5 Å². The van der Waals surface area contributed by atoms with Gasteiger partial charge in [0, 0.05) is 34.8 Å². The molecule has 1 saturated carbocycles. The van der Waals surface area contributed by atoms with Crippen LogP contribution in [0, 0.1) is 11.7 Å². The van der Waals surface area contributed by atoms with Gasteiger partial charge < -0.3 is 15.4 Å². The zero-order valence-electron chi connectivity index (χ0n) is 21.7. The van der Waals surface area contributed by atoms with Gasteiger partial charge in [0.25, 0.3) is 0 Å². The summed E-state index contributed by atoms with van der Waals surface area (Å²) < 4.78 is 13.9. The third-order valence-corrected chi connectivity index (χ3v) is 7.79. The molecule has 0 aliphatic heterocycles. The number of nitrogens with zero attached hydrogens (tertiary/aromatic N) is 4. The normalized spacial score (nSPS) is 15.1. The minimum atomic E-state index is -0.584. The fourth-order valence-corrected chi connectivity index (χ4v) is 5.70. The monoisotopic (exact) mass is 533 g/mol. The molecule has 4 aromatic heterocycles. The van der Waals surface area contributed by atoms with Crippen LogP contribution in [-0.2, 0) is 0 Å². The van der Waals surface area contributed by atoms with Crippen molar-refractivity contribution in [1.29, 1.82) is 0 Å². The average molecular weight is 534 g/mol. The number of hydrogen-bond acceptors (Lipinski definition) is 6. The number of nitrogens with one attached hydrogen (secondary N) is 3. The lowest BCUT2D eigenvalue weighted by Gasteiger charge is -2.27. The highest BCUT2D eigenvalue weighted by atomic mass is 19.1. The van der Waals surface area contributed by atoms with Gasteiger partial charge in [-0.05, 0) is 60.4 Å². The van der Waals surface area contributed by atoms with E-state index in [4.69, 9.17) is 4.98 Å². The predicted octanol–water partition coefficient (Wildman–Crippen LogP) is 6.68. The minimum Gasteiger partial charge on any atom is -0.374 e. The standard InChI is InChI=1S/C31H28FN7O/c32-22-8-4-7-20(13-22)24-11-12-34-29-27(24)36-30(37-29)28-25-15-19(9-10-26(25)38-39-28)21-14-23(17-33-16-21)35-31(40)18-5-2-1-3-6-18/h4,7-18,31,35,40H,1-3,5-6H2,(H,38,39)(H,34,36,37). The summed E-state index contributed by atoms with van der Waals surface area (Å²) in [5, 5.41) is 22.5. The third-order valence-electron chi connectivity index (χ3n) is 7.79. The summed E-state index contributed by atoms with van der Waals surface area (Å²) in [6.45, 7) is 0. The molecule has 1 unspecified atom stereocenters. The van der Waals surface area contributed by atoms with E-state index in [-0.39, 0.29) is 11.7 Å². The first-order chi connectivity index (χ1) is 19.6. The van der Waals surface area contributed by atoms with E-state index < -0.39 is 6.23 Å². The molecule has 6 aromatic rings. The van der Waals surface area contributed by atoms with Crippen LogP contribution in [0.5, 0.6) is 0 Å². The predicted molar refractivity (Wildman–Crippen MR) is 154 cm³/mol. The number of halogens is 1. The van der Waals surface area contributed by atoms with Crippen molar-refractivity contribution in [2.24, 2.45) is 5.92 Å². The molecular formula is C31H28FN7O. The van der Waals surface area contributed by atoms with Crippen molar-refractivity contribution in [3.63, 3.8) is 0 Å². The fraction of sp³-hybridized carbons (Fsp3) is 0.226. The lowest BCUT2D eigenvalue weighted by atomic mass is 9.88. The highest BCUT2D eigenvalue weighted by Crippen LogP contribution is 2.33. The second-order valence-corrected chi connectivity index (χ2v) is 10.4. The second kappa shape index (κ2) is 10.2. The molecule has 0 saturated heterocycles. The number of rotatable bonds is 6. The Balaban J connectivity index is 1.22. The number of hydrogen-bond donors (Lipinski definition) is 4. The van der Waals surface area contributed by atoms with Crippen molar-refractivity contribution in [3.8, 4) is 33.8 Å². The Kier molecular flexibility index (Phi) is 6.20. The Bertz CT molecular complexity index is 1820. The summed E-state index contributed by atoms with van der Waals surface area (Å²) in [5.41, 5.74) is 6.98. The van der Waals surface area contributed by atoms with Crippen LogP contribution in [0.1, 0.15) is 32.1 Å². The van der Waals surface area contributed by atoms with Crippen molar-refractivity contribution < 1.29 is 9.50 Å². The molecule has 200 valence electrons. The molecule has 9 heteroatoms. The Morgan fingerprint density at radius 1 is 0.950 bits per heavy atom. The molecule has 0 spiro atoms. The maximum Gasteiger partial charge on any atom is 0.160 e. The minimum absolute atomic E-state index is 0.266. The van der Waals surface area contributed by atoms with Crippen molar-refractivity contribution in [2.75, 3.05) is 5.32 Å². The molecule has 7 rings (SSSR count). The zero-order valence-corrected chi connectivity index (χ0v) is 21.7. The van der Waals surface area contributed by atoms with Crippen LogP contribution in [0.2, 0.25) is 0 Å². The molecule has 0 amide bonds. The third kappa shape index (κ3) is 4.58. The zero-order chi connectivity index (χ0) is 27.1. The molecule has 1 fully saturated rings. The molecule has 1 aliphatic carbocycles. The van der Waals surface area contributed by atoms with E-state index in [0.29, 0.717) is 22.7 Å². The van der Waals surface area contributed by atoms with Crippen LogP contribution < -0.4 is 5.32 Å². The summed E-state index contributed by atoms with van der Waals surface area (Å²) in [5.74, 6) is 0.530. The number of H-pyrrole nitrogens is 2. The van der Waals surface area contributed by atoms with Gasteiger partial charge in [-0.1, -0.05) is 37.5 Å². The number of aliphatic hydroxyl groups is 1. The smallest absolute Gasteiger partial charge is 0.160 e. The van der Waals surface area contributed by atoms with E-state index in [1.807, 2.05) is 36.5 Å². The van der Waals surface area contributed by atoms with Crippen molar-refractivity contribution in [1.82, 2.24) is 30.1 Å². The van der Waals surface area contributed by atoms with Crippen LogP contribution in [0.25, 0.3) is 55.8 Å². The molecule has 1 atom stereocenters. The van der Waals surface area contributed by atoms with Crippen LogP contribution in [0.4, 0.5) is 10.1 Å². The highest BCUT2D eigenvalue weighted by molar-refractivity contribution is 5.97. The Morgan fingerprint density at radius 2 is 1.85 bits per heavy atom. The van der Waals surface area contributed by atoms with Crippen LogP contribution in [0.15, 0.2) is 73.2 Å². The molecule has 4 N–H and O–H groups in total. The molecule has 40 heavy (non-hydrogen) atoms. The van der Waals surface area contributed by atoms with Gasteiger partial charge in [-0.2, -0.15) is 5.10 Å². The van der Waals surface area contributed by atoms with Crippen LogP contribution >= 0.6 is 0 Å². The molecular weight excluding hydrogens is 505 g/mol. The second-order valence-electron chi connectivity index (χ2n) is 10.4. The van der Waals surface area contributed by atoms with E-state index in [0.717, 1.165) is 51.7 Å². The fourth-order valence-electron chi connectivity index (χ4n) is 5.70. The number of fused-ring (bicyclic) bond motifs is 2. The van der Waals surface area contributed by atoms with E-state index in [2.05, 4.69) is 36.5 Å². The van der Waals surface area contributed by atoms with Gasteiger partial charge in [0.05, 0.1) is 17.4 Å². The Labute approximate surface area is 229 Å². The summed E-state index contributed by atoms with van der Waals surface area (Å²) in [4.78, 5) is 17.0. The quantitative estimate of drug-likeness (QED) is 0.178. The summed E-state index contributed by atoms with van der Waals surface area (Å²) >= 11 is 0. The van der Waals surface area contributed by atoms with Gasteiger partial charge in [0.2, 0.25) is 0 Å². The number of anilines is 1. The van der Waals surface area contributed by atoms with Gasteiger partial charge in [-0.25, -0.2) is 14.4 Å². The van der Waals surface area contributed by atoms with Crippen LogP contribution in [-0.4, -0.2) is 41.5 Å². The molecule has 0 radical (unpaired) electrons. The number of pyridine rings is 2. The average Bonchev–Trinajstić information content (AvgIpc) is 3.61. The molecule has 0 bridgehead atoms. The highest BCUT2D eigenvalue weighted by Gasteiger charge is 2.22. The van der Waals surface area contributed by atoms with Gasteiger partial charge >= 0.3 is 0 Å². The van der Waals surface area contributed by atoms with Crippen molar-refractivity contribution >= 4 is 27.8 Å². The molecule has 8 nitrogen and oxygen atoms in total. The lowest BCUT2D eigenvalue weighted by Crippen LogP contribution is -2.30. The first-order valence-electron chi connectivity index (χ1n) is 13.6. The Hall–Kier alpha value is -4.63. The summed E-state index contributed by atoms with van der Waals surface area (Å²) in [6.07, 6.45) is 10.3. The molecule has 4 heterocycles. The van der Waals surface area contributed by atoms with E-state index in [1.165, 1.54) is 31.4 Å².